The standard InChI is InChI=1S/C16H24N4O3/c1-4-17-16(23)19-15(22)10-18-14-8-6-7-13(9-14)11-20(5-2)12(3)21/h6-9,18H,4-5,10-11H2,1-3H3,(H2,17,19,22,23). The maximum Gasteiger partial charge on any atom is 0.321 e. The van der Waals surface area contributed by atoms with Crippen molar-refractivity contribution in [3.05, 3.63) is 29.8 Å². The zero-order valence-corrected chi connectivity index (χ0v) is 13.8. The zero-order valence-electron chi connectivity index (χ0n) is 13.8. The van der Waals surface area contributed by atoms with Crippen LogP contribution in [0.1, 0.15) is 26.3 Å². The summed E-state index contributed by atoms with van der Waals surface area (Å²) in [5.41, 5.74) is 1.73. The van der Waals surface area contributed by atoms with E-state index in [1.807, 2.05) is 31.2 Å². The number of carbonyl (C=O) groups excluding carboxylic acids is 3. The fourth-order valence-corrected chi connectivity index (χ4v) is 2.00. The van der Waals surface area contributed by atoms with E-state index < -0.39 is 11.9 Å². The molecule has 7 nitrogen and oxygen atoms in total. The van der Waals surface area contributed by atoms with Crippen LogP contribution in [0.5, 0.6) is 0 Å². The van der Waals surface area contributed by atoms with E-state index >= 15 is 0 Å². The van der Waals surface area contributed by atoms with Gasteiger partial charge in [0.1, 0.15) is 0 Å². The molecule has 1 rings (SSSR count). The summed E-state index contributed by atoms with van der Waals surface area (Å²) in [6.45, 7) is 6.85. The van der Waals surface area contributed by atoms with Gasteiger partial charge in [0, 0.05) is 32.2 Å². The van der Waals surface area contributed by atoms with Gasteiger partial charge in [-0.2, -0.15) is 0 Å². The van der Waals surface area contributed by atoms with Crippen LogP contribution in [0.15, 0.2) is 24.3 Å². The Morgan fingerprint density at radius 2 is 1.91 bits per heavy atom. The van der Waals surface area contributed by atoms with Gasteiger partial charge in [0.25, 0.3) is 0 Å². The van der Waals surface area contributed by atoms with Gasteiger partial charge in [-0.15, -0.1) is 0 Å². The number of anilines is 1. The van der Waals surface area contributed by atoms with Crippen LogP contribution in [0.2, 0.25) is 0 Å². The predicted octanol–water partition coefficient (Wildman–Crippen LogP) is 1.31. The molecule has 1 aromatic rings. The molecule has 0 atom stereocenters. The molecule has 0 aliphatic rings. The lowest BCUT2D eigenvalue weighted by Gasteiger charge is -2.19. The first-order chi connectivity index (χ1) is 11.0. The van der Waals surface area contributed by atoms with Gasteiger partial charge in [-0.25, -0.2) is 4.79 Å². The predicted molar refractivity (Wildman–Crippen MR) is 88.9 cm³/mol. The Hall–Kier alpha value is -2.57. The van der Waals surface area contributed by atoms with Crippen molar-refractivity contribution in [1.82, 2.24) is 15.5 Å². The molecule has 0 fully saturated rings. The molecular weight excluding hydrogens is 296 g/mol. The summed E-state index contributed by atoms with van der Waals surface area (Å²) in [6, 6.07) is 6.98. The van der Waals surface area contributed by atoms with Crippen LogP contribution in [0.3, 0.4) is 0 Å². The average Bonchev–Trinajstić information content (AvgIpc) is 2.51. The van der Waals surface area contributed by atoms with Gasteiger partial charge in [0.2, 0.25) is 11.8 Å². The topological polar surface area (TPSA) is 90.5 Å². The molecule has 3 N–H and O–H groups in total. The van der Waals surface area contributed by atoms with Crippen LogP contribution in [0.4, 0.5) is 10.5 Å². The molecule has 126 valence electrons. The zero-order chi connectivity index (χ0) is 17.2. The first-order valence-corrected chi connectivity index (χ1v) is 7.62. The first kappa shape index (κ1) is 18.5. The highest BCUT2D eigenvalue weighted by Gasteiger charge is 2.08. The van der Waals surface area contributed by atoms with E-state index in [2.05, 4.69) is 16.0 Å². The SMILES string of the molecule is CCNC(=O)NC(=O)CNc1cccc(CN(CC)C(C)=O)c1. The van der Waals surface area contributed by atoms with Gasteiger partial charge in [0.05, 0.1) is 6.54 Å². The fourth-order valence-electron chi connectivity index (χ4n) is 2.00. The average molecular weight is 320 g/mol. The van der Waals surface area contributed by atoms with Crippen molar-refractivity contribution >= 4 is 23.5 Å². The number of nitrogens with zero attached hydrogens (tertiary/aromatic N) is 1. The first-order valence-electron chi connectivity index (χ1n) is 7.62. The van der Waals surface area contributed by atoms with Crippen molar-refractivity contribution < 1.29 is 14.4 Å². The molecule has 0 heterocycles. The molecule has 23 heavy (non-hydrogen) atoms. The van der Waals surface area contributed by atoms with Crippen LogP contribution in [-0.4, -0.2) is 42.4 Å². The minimum Gasteiger partial charge on any atom is -0.376 e. The molecule has 0 bridgehead atoms. The second-order valence-electron chi connectivity index (χ2n) is 4.99. The minimum absolute atomic E-state index is 0.00914. The molecule has 0 unspecified atom stereocenters. The summed E-state index contributed by atoms with van der Waals surface area (Å²) in [4.78, 5) is 36.0. The number of nitrogens with one attached hydrogen (secondary N) is 3. The van der Waals surface area contributed by atoms with E-state index in [1.165, 1.54) is 6.92 Å². The van der Waals surface area contributed by atoms with Gasteiger partial charge in [-0.1, -0.05) is 12.1 Å². The Balaban J connectivity index is 2.55. The lowest BCUT2D eigenvalue weighted by molar-refractivity contribution is -0.129. The molecule has 0 saturated heterocycles. The molecule has 7 heteroatoms. The van der Waals surface area contributed by atoms with Gasteiger partial charge in [0.15, 0.2) is 0 Å². The van der Waals surface area contributed by atoms with Gasteiger partial charge < -0.3 is 15.5 Å². The largest absolute Gasteiger partial charge is 0.376 e. The lowest BCUT2D eigenvalue weighted by Crippen LogP contribution is -2.41. The Labute approximate surface area is 136 Å². The smallest absolute Gasteiger partial charge is 0.321 e. The molecular formula is C16H24N4O3. The Morgan fingerprint density at radius 1 is 1.17 bits per heavy atom. The van der Waals surface area contributed by atoms with E-state index in [1.54, 1.807) is 11.8 Å². The third-order valence-corrected chi connectivity index (χ3v) is 3.17. The van der Waals surface area contributed by atoms with Gasteiger partial charge in [-0.3, -0.25) is 14.9 Å². The molecule has 4 amide bonds. The molecule has 1 aromatic carbocycles. The third-order valence-electron chi connectivity index (χ3n) is 3.17. The second-order valence-corrected chi connectivity index (χ2v) is 4.99. The molecule has 0 aromatic heterocycles. The Morgan fingerprint density at radius 3 is 2.52 bits per heavy atom. The summed E-state index contributed by atoms with van der Waals surface area (Å²) >= 11 is 0. The number of hydrogen-bond donors (Lipinski definition) is 3. The molecule has 0 aliphatic heterocycles. The molecule has 0 radical (unpaired) electrons. The molecule has 0 aliphatic carbocycles. The van der Waals surface area contributed by atoms with Gasteiger partial charge >= 0.3 is 6.03 Å². The van der Waals surface area contributed by atoms with Gasteiger partial charge in [-0.05, 0) is 31.5 Å². The summed E-state index contributed by atoms with van der Waals surface area (Å²) in [5.74, 6) is -0.396. The van der Waals surface area contributed by atoms with Crippen LogP contribution < -0.4 is 16.0 Å². The Bertz CT molecular complexity index is 560. The van der Waals surface area contributed by atoms with E-state index in [-0.39, 0.29) is 12.5 Å². The fraction of sp³-hybridized carbons (Fsp3) is 0.438. The summed E-state index contributed by atoms with van der Waals surface area (Å²) < 4.78 is 0. The van der Waals surface area contributed by atoms with Crippen molar-refractivity contribution in [2.75, 3.05) is 25.0 Å². The van der Waals surface area contributed by atoms with Crippen molar-refractivity contribution in [3.8, 4) is 0 Å². The highest BCUT2D eigenvalue weighted by molar-refractivity contribution is 5.96. The molecule has 0 saturated carbocycles. The van der Waals surface area contributed by atoms with E-state index in [4.69, 9.17) is 0 Å². The number of hydrogen-bond acceptors (Lipinski definition) is 4. The minimum atomic E-state index is -0.506. The van der Waals surface area contributed by atoms with Crippen molar-refractivity contribution in [2.45, 2.75) is 27.3 Å². The number of benzene rings is 1. The summed E-state index contributed by atoms with van der Waals surface area (Å²) in [7, 11) is 0. The van der Waals surface area contributed by atoms with Crippen LogP contribution >= 0.6 is 0 Å². The third kappa shape index (κ3) is 6.82. The lowest BCUT2D eigenvalue weighted by atomic mass is 10.2. The van der Waals surface area contributed by atoms with E-state index in [9.17, 15) is 14.4 Å². The van der Waals surface area contributed by atoms with Crippen molar-refractivity contribution in [2.24, 2.45) is 0 Å². The number of urea groups is 1. The van der Waals surface area contributed by atoms with Crippen LogP contribution in [0, 0.1) is 0 Å². The molecule has 0 spiro atoms. The normalized spacial score (nSPS) is 9.87. The number of carbonyl (C=O) groups is 3. The van der Waals surface area contributed by atoms with Crippen LogP contribution in [-0.2, 0) is 16.1 Å². The quantitative estimate of drug-likeness (QED) is 0.706. The van der Waals surface area contributed by atoms with E-state index in [0.717, 1.165) is 11.3 Å². The van der Waals surface area contributed by atoms with Crippen molar-refractivity contribution in [1.29, 1.82) is 0 Å². The Kier molecular flexibility index (Phi) is 7.59. The summed E-state index contributed by atoms with van der Waals surface area (Å²) in [6.07, 6.45) is 0. The maximum absolute atomic E-state index is 11.6. The second kappa shape index (κ2) is 9.45. The van der Waals surface area contributed by atoms with E-state index in [0.29, 0.717) is 19.6 Å². The number of amides is 4. The van der Waals surface area contributed by atoms with Crippen LogP contribution in [0.25, 0.3) is 0 Å². The monoisotopic (exact) mass is 320 g/mol. The highest BCUT2D eigenvalue weighted by atomic mass is 16.2. The number of rotatable bonds is 7. The maximum atomic E-state index is 11.6. The number of imide groups is 1. The summed E-state index contributed by atoms with van der Waals surface area (Å²) in [5, 5.41) is 7.66. The highest BCUT2D eigenvalue weighted by Crippen LogP contribution is 2.12. The van der Waals surface area contributed by atoms with Crippen molar-refractivity contribution in [3.63, 3.8) is 0 Å².